The number of aliphatic hydroxyl groups excluding tert-OH is 1. The molecule has 5 heteroatoms. The summed E-state index contributed by atoms with van der Waals surface area (Å²) in [6.45, 7) is 0.141. The van der Waals surface area contributed by atoms with Crippen molar-refractivity contribution in [3.63, 3.8) is 0 Å². The van der Waals surface area contributed by atoms with Crippen LogP contribution in [0.4, 0.5) is 13.2 Å². The third-order valence-electron chi connectivity index (χ3n) is 2.76. The Hall–Kier alpha value is -2.01. The first-order chi connectivity index (χ1) is 9.48. The van der Waals surface area contributed by atoms with Gasteiger partial charge in [0.25, 0.3) is 0 Å². The molecule has 0 bridgehead atoms. The molecule has 0 aromatic heterocycles. The predicted molar refractivity (Wildman–Crippen MR) is 68.2 cm³/mol. The van der Waals surface area contributed by atoms with Gasteiger partial charge in [-0.2, -0.15) is 13.2 Å². The third kappa shape index (κ3) is 3.51. The predicted octanol–water partition coefficient (Wildman–Crippen LogP) is 3.86. The van der Waals surface area contributed by atoms with Crippen LogP contribution in [0.5, 0.6) is 5.75 Å². The van der Waals surface area contributed by atoms with Crippen LogP contribution in [0.1, 0.15) is 17.2 Å². The Morgan fingerprint density at radius 1 is 0.950 bits per heavy atom. The Bertz CT molecular complexity index is 553. The summed E-state index contributed by atoms with van der Waals surface area (Å²) >= 11 is 0. The van der Waals surface area contributed by atoms with Crippen molar-refractivity contribution in [1.82, 2.24) is 0 Å². The zero-order valence-corrected chi connectivity index (χ0v) is 10.5. The van der Waals surface area contributed by atoms with Crippen molar-refractivity contribution in [2.24, 2.45) is 0 Å². The minimum absolute atomic E-state index is 0.0289. The summed E-state index contributed by atoms with van der Waals surface area (Å²) in [6, 6.07) is 14.7. The summed E-state index contributed by atoms with van der Waals surface area (Å²) in [4.78, 5) is 0. The van der Waals surface area contributed by atoms with Gasteiger partial charge < -0.3 is 9.84 Å². The maximum absolute atomic E-state index is 12.6. The molecule has 0 amide bonds. The molecule has 0 saturated heterocycles. The molecule has 0 aliphatic heterocycles. The molecular weight excluding hydrogens is 269 g/mol. The summed E-state index contributed by atoms with van der Waals surface area (Å²) < 4.78 is 43.1. The molecule has 0 heterocycles. The van der Waals surface area contributed by atoms with Crippen LogP contribution in [0.3, 0.4) is 0 Å². The van der Waals surface area contributed by atoms with Crippen molar-refractivity contribution in [3.05, 3.63) is 65.7 Å². The first-order valence-corrected chi connectivity index (χ1v) is 5.99. The molecule has 2 rings (SSSR count). The molecule has 0 saturated carbocycles. The number of hydrogen-bond acceptors (Lipinski definition) is 2. The lowest BCUT2D eigenvalue weighted by atomic mass is 10.1. The van der Waals surface area contributed by atoms with Gasteiger partial charge in [0.15, 0.2) is 6.10 Å². The highest BCUT2D eigenvalue weighted by molar-refractivity contribution is 5.36. The maximum atomic E-state index is 12.6. The van der Waals surface area contributed by atoms with Gasteiger partial charge in [-0.3, -0.25) is 0 Å². The van der Waals surface area contributed by atoms with Crippen molar-refractivity contribution in [2.75, 3.05) is 0 Å². The number of aliphatic hydroxyl groups is 1. The number of ether oxygens (including phenoxy) is 1. The average molecular weight is 282 g/mol. The summed E-state index contributed by atoms with van der Waals surface area (Å²) in [6.07, 6.45) is -7.26. The lowest BCUT2D eigenvalue weighted by Gasteiger charge is -2.18. The van der Waals surface area contributed by atoms with Crippen molar-refractivity contribution < 1.29 is 23.0 Å². The molecule has 0 radical (unpaired) electrons. The fraction of sp³-hybridized carbons (Fsp3) is 0.200. The second-order valence-electron chi connectivity index (χ2n) is 4.26. The van der Waals surface area contributed by atoms with Crippen LogP contribution in [0.25, 0.3) is 0 Å². The molecule has 2 aromatic carbocycles. The number of para-hydroxylation sites is 1. The van der Waals surface area contributed by atoms with Gasteiger partial charge in [0.05, 0.1) is 0 Å². The Morgan fingerprint density at radius 3 is 2.20 bits per heavy atom. The molecule has 1 N–H and O–H groups in total. The van der Waals surface area contributed by atoms with Crippen molar-refractivity contribution in [1.29, 1.82) is 0 Å². The average Bonchev–Trinajstić information content (AvgIpc) is 2.45. The van der Waals surface area contributed by atoms with Gasteiger partial charge in [-0.25, -0.2) is 0 Å². The van der Waals surface area contributed by atoms with Crippen molar-refractivity contribution in [3.8, 4) is 5.75 Å². The highest BCUT2D eigenvalue weighted by Crippen LogP contribution is 2.37. The van der Waals surface area contributed by atoms with Crippen LogP contribution in [0.2, 0.25) is 0 Å². The molecule has 2 nitrogen and oxygen atoms in total. The van der Waals surface area contributed by atoms with Gasteiger partial charge in [-0.05, 0) is 11.6 Å². The fourth-order valence-electron chi connectivity index (χ4n) is 1.75. The largest absolute Gasteiger partial charge is 0.489 e. The molecule has 0 aliphatic carbocycles. The number of benzene rings is 2. The first kappa shape index (κ1) is 14.4. The van der Waals surface area contributed by atoms with Gasteiger partial charge in [0.1, 0.15) is 12.4 Å². The van der Waals surface area contributed by atoms with Gasteiger partial charge in [0, 0.05) is 5.56 Å². The zero-order valence-electron chi connectivity index (χ0n) is 10.5. The normalized spacial score (nSPS) is 13.0. The van der Waals surface area contributed by atoms with Crippen LogP contribution >= 0.6 is 0 Å². The van der Waals surface area contributed by atoms with E-state index in [0.717, 1.165) is 5.56 Å². The zero-order chi connectivity index (χ0) is 14.6. The molecule has 1 atom stereocenters. The van der Waals surface area contributed by atoms with E-state index in [1.165, 1.54) is 18.2 Å². The Labute approximate surface area is 114 Å². The quantitative estimate of drug-likeness (QED) is 0.922. The monoisotopic (exact) mass is 282 g/mol. The van der Waals surface area contributed by atoms with E-state index in [2.05, 4.69) is 0 Å². The highest BCUT2D eigenvalue weighted by atomic mass is 19.4. The minimum atomic E-state index is -4.72. The lowest BCUT2D eigenvalue weighted by Crippen LogP contribution is -2.20. The molecule has 0 fully saturated rings. The summed E-state index contributed by atoms with van der Waals surface area (Å²) in [7, 11) is 0. The molecule has 1 unspecified atom stereocenters. The SMILES string of the molecule is OC(c1ccccc1OCc1ccccc1)C(F)(F)F. The van der Waals surface area contributed by atoms with E-state index in [0.29, 0.717) is 0 Å². The molecule has 20 heavy (non-hydrogen) atoms. The number of rotatable bonds is 4. The van der Waals surface area contributed by atoms with Gasteiger partial charge >= 0.3 is 6.18 Å². The smallest absolute Gasteiger partial charge is 0.418 e. The van der Waals surface area contributed by atoms with Gasteiger partial charge in [0.2, 0.25) is 0 Å². The van der Waals surface area contributed by atoms with Crippen LogP contribution in [-0.4, -0.2) is 11.3 Å². The van der Waals surface area contributed by atoms with Crippen molar-refractivity contribution in [2.45, 2.75) is 18.9 Å². The molecule has 2 aromatic rings. The van der Waals surface area contributed by atoms with Crippen molar-refractivity contribution >= 4 is 0 Å². The van der Waals surface area contributed by atoms with E-state index in [1.54, 1.807) is 6.07 Å². The second-order valence-corrected chi connectivity index (χ2v) is 4.26. The van der Waals surface area contributed by atoms with Crippen LogP contribution in [0, 0.1) is 0 Å². The third-order valence-corrected chi connectivity index (χ3v) is 2.76. The van der Waals surface area contributed by atoms with E-state index in [1.807, 2.05) is 30.3 Å². The van der Waals surface area contributed by atoms with E-state index in [-0.39, 0.29) is 17.9 Å². The molecule has 0 aliphatic rings. The Morgan fingerprint density at radius 2 is 1.55 bits per heavy atom. The lowest BCUT2D eigenvalue weighted by molar-refractivity contribution is -0.207. The van der Waals surface area contributed by atoms with Crippen LogP contribution in [0.15, 0.2) is 54.6 Å². The van der Waals surface area contributed by atoms with Gasteiger partial charge in [-0.1, -0.05) is 48.5 Å². The maximum Gasteiger partial charge on any atom is 0.418 e. The van der Waals surface area contributed by atoms with Gasteiger partial charge in [-0.15, -0.1) is 0 Å². The first-order valence-electron chi connectivity index (χ1n) is 5.99. The fourth-order valence-corrected chi connectivity index (χ4v) is 1.75. The van der Waals surface area contributed by atoms with Crippen LogP contribution < -0.4 is 4.74 Å². The molecule has 106 valence electrons. The van der Waals surface area contributed by atoms with Crippen LogP contribution in [-0.2, 0) is 6.61 Å². The van der Waals surface area contributed by atoms with E-state index >= 15 is 0 Å². The summed E-state index contributed by atoms with van der Waals surface area (Å²) in [5, 5.41) is 9.33. The number of hydrogen-bond donors (Lipinski definition) is 1. The standard InChI is InChI=1S/C15H13F3O2/c16-15(17,18)14(19)12-8-4-5-9-13(12)20-10-11-6-2-1-3-7-11/h1-9,14,19H,10H2. The van der Waals surface area contributed by atoms with E-state index in [9.17, 15) is 18.3 Å². The molecule has 0 spiro atoms. The second kappa shape index (κ2) is 5.96. The Kier molecular flexibility index (Phi) is 4.29. The Balaban J connectivity index is 2.16. The number of alkyl halides is 3. The highest BCUT2D eigenvalue weighted by Gasteiger charge is 2.40. The molecular formula is C15H13F3O2. The number of halogens is 3. The van der Waals surface area contributed by atoms with E-state index in [4.69, 9.17) is 4.74 Å². The minimum Gasteiger partial charge on any atom is -0.489 e. The van der Waals surface area contributed by atoms with E-state index < -0.39 is 12.3 Å². The summed E-state index contributed by atoms with van der Waals surface area (Å²) in [5.41, 5.74) is 0.555. The summed E-state index contributed by atoms with van der Waals surface area (Å²) in [5.74, 6) is 0.0289. The topological polar surface area (TPSA) is 29.5 Å².